The number of aryl methyl sites for hydroxylation is 1. The van der Waals surface area contributed by atoms with Gasteiger partial charge >= 0.3 is 0 Å². The first-order chi connectivity index (χ1) is 14.7. The Hall–Kier alpha value is -3.13. The molecule has 2 aromatic heterocycles. The fraction of sp³-hybridized carbons (Fsp3) is 0.273. The van der Waals surface area contributed by atoms with Crippen LogP contribution in [-0.4, -0.2) is 33.4 Å². The quantitative estimate of drug-likeness (QED) is 0.358. The van der Waals surface area contributed by atoms with Gasteiger partial charge in [0, 0.05) is 29.9 Å². The van der Waals surface area contributed by atoms with Gasteiger partial charge in [-0.15, -0.1) is 10.2 Å². The van der Waals surface area contributed by atoms with E-state index < -0.39 is 0 Å². The van der Waals surface area contributed by atoms with Crippen LogP contribution in [0.25, 0.3) is 22.9 Å². The van der Waals surface area contributed by atoms with Crippen molar-refractivity contribution in [1.29, 1.82) is 0 Å². The van der Waals surface area contributed by atoms with Crippen molar-refractivity contribution in [2.45, 2.75) is 31.7 Å². The summed E-state index contributed by atoms with van der Waals surface area (Å²) >= 11 is 1.38. The van der Waals surface area contributed by atoms with Crippen LogP contribution in [-0.2, 0) is 5.75 Å². The molecule has 4 aromatic rings. The Bertz CT molecular complexity index is 1090. The van der Waals surface area contributed by atoms with Gasteiger partial charge in [0.25, 0.3) is 11.1 Å². The van der Waals surface area contributed by atoms with Gasteiger partial charge < -0.3 is 13.8 Å². The second kappa shape index (κ2) is 9.13. The molecule has 2 aromatic carbocycles. The van der Waals surface area contributed by atoms with E-state index in [1.807, 2.05) is 43.3 Å². The van der Waals surface area contributed by atoms with Crippen molar-refractivity contribution in [2.24, 2.45) is 0 Å². The van der Waals surface area contributed by atoms with Crippen molar-refractivity contribution in [3.05, 3.63) is 59.9 Å². The Kier molecular flexibility index (Phi) is 6.13. The summed E-state index contributed by atoms with van der Waals surface area (Å²) in [6.07, 6.45) is 0. The summed E-state index contributed by atoms with van der Waals surface area (Å²) in [4.78, 5) is 6.73. The highest BCUT2D eigenvalue weighted by atomic mass is 32.2. The molecule has 2 heterocycles. The minimum atomic E-state index is 0.472. The van der Waals surface area contributed by atoms with E-state index in [0.29, 0.717) is 28.6 Å². The van der Waals surface area contributed by atoms with Crippen LogP contribution in [0.3, 0.4) is 0 Å². The fourth-order valence-electron chi connectivity index (χ4n) is 3.04. The lowest BCUT2D eigenvalue weighted by molar-refractivity contribution is 0.425. The Balaban J connectivity index is 1.39. The van der Waals surface area contributed by atoms with Crippen LogP contribution in [0.5, 0.6) is 0 Å². The molecule has 154 valence electrons. The maximum absolute atomic E-state index is 5.79. The second-order valence-corrected chi connectivity index (χ2v) is 7.69. The van der Waals surface area contributed by atoms with E-state index in [1.54, 1.807) is 0 Å². The van der Waals surface area contributed by atoms with E-state index in [4.69, 9.17) is 8.94 Å². The predicted octanol–water partition coefficient (Wildman–Crippen LogP) is 5.23. The first-order valence-electron chi connectivity index (χ1n) is 9.87. The maximum Gasteiger partial charge on any atom is 0.277 e. The zero-order valence-corrected chi connectivity index (χ0v) is 18.0. The normalized spacial score (nSPS) is 11.0. The van der Waals surface area contributed by atoms with Crippen LogP contribution in [0.15, 0.2) is 62.7 Å². The molecule has 0 aliphatic rings. The van der Waals surface area contributed by atoms with Crippen molar-refractivity contribution >= 4 is 17.4 Å². The molecule has 8 heteroatoms. The summed E-state index contributed by atoms with van der Waals surface area (Å²) in [6.45, 7) is 8.27. The summed E-state index contributed by atoms with van der Waals surface area (Å²) < 4.78 is 11.1. The molecule has 0 amide bonds. The second-order valence-electron chi connectivity index (χ2n) is 6.76. The molecular formula is C22H23N5O2S. The smallest absolute Gasteiger partial charge is 0.277 e. The topological polar surface area (TPSA) is 81.1 Å². The maximum atomic E-state index is 5.79. The lowest BCUT2D eigenvalue weighted by atomic mass is 10.1. The molecule has 0 bridgehead atoms. The minimum Gasteiger partial charge on any atom is -0.411 e. The van der Waals surface area contributed by atoms with Gasteiger partial charge in [-0.1, -0.05) is 34.6 Å². The van der Waals surface area contributed by atoms with Gasteiger partial charge in [-0.2, -0.15) is 4.98 Å². The average Bonchev–Trinajstić information content (AvgIpc) is 3.44. The molecule has 0 unspecified atom stereocenters. The number of aromatic nitrogens is 4. The van der Waals surface area contributed by atoms with E-state index in [1.165, 1.54) is 23.0 Å². The van der Waals surface area contributed by atoms with Crippen molar-refractivity contribution in [2.75, 3.05) is 18.0 Å². The van der Waals surface area contributed by atoms with Gasteiger partial charge in [-0.05, 0) is 57.2 Å². The third kappa shape index (κ3) is 4.54. The molecular weight excluding hydrogens is 398 g/mol. The van der Waals surface area contributed by atoms with Crippen molar-refractivity contribution < 1.29 is 8.94 Å². The van der Waals surface area contributed by atoms with E-state index in [0.717, 1.165) is 24.2 Å². The first-order valence-corrected chi connectivity index (χ1v) is 10.9. The summed E-state index contributed by atoms with van der Waals surface area (Å²) in [5.74, 6) is 2.07. The molecule has 0 saturated heterocycles. The highest BCUT2D eigenvalue weighted by Crippen LogP contribution is 2.27. The van der Waals surface area contributed by atoms with Gasteiger partial charge in [0.1, 0.15) is 0 Å². The zero-order chi connectivity index (χ0) is 20.9. The highest BCUT2D eigenvalue weighted by molar-refractivity contribution is 7.98. The summed E-state index contributed by atoms with van der Waals surface area (Å²) in [5, 5.41) is 12.8. The molecule has 30 heavy (non-hydrogen) atoms. The van der Waals surface area contributed by atoms with E-state index in [9.17, 15) is 0 Å². The third-order valence-electron chi connectivity index (χ3n) is 4.74. The SMILES string of the molecule is CCN(CC)c1ccc(-c2nnc(SCc3noc(-c4ccc(C)cc4)n3)o2)cc1. The molecule has 0 N–H and O–H groups in total. The largest absolute Gasteiger partial charge is 0.411 e. The van der Waals surface area contributed by atoms with Gasteiger partial charge in [0.15, 0.2) is 5.82 Å². The molecule has 4 rings (SSSR count). The van der Waals surface area contributed by atoms with Crippen molar-refractivity contribution in [1.82, 2.24) is 20.3 Å². The highest BCUT2D eigenvalue weighted by Gasteiger charge is 2.13. The van der Waals surface area contributed by atoms with Crippen LogP contribution >= 0.6 is 11.8 Å². The lowest BCUT2D eigenvalue weighted by Gasteiger charge is -2.20. The number of hydrogen-bond donors (Lipinski definition) is 0. The monoisotopic (exact) mass is 421 g/mol. The van der Waals surface area contributed by atoms with Gasteiger partial charge in [0.2, 0.25) is 5.89 Å². The number of thioether (sulfide) groups is 1. The van der Waals surface area contributed by atoms with Gasteiger partial charge in [0.05, 0.1) is 5.75 Å². The van der Waals surface area contributed by atoms with E-state index in [-0.39, 0.29) is 0 Å². The molecule has 0 aliphatic heterocycles. The zero-order valence-electron chi connectivity index (χ0n) is 17.2. The fourth-order valence-corrected chi connectivity index (χ4v) is 3.65. The van der Waals surface area contributed by atoms with Crippen LogP contribution < -0.4 is 4.90 Å². The number of benzene rings is 2. The molecule has 0 fully saturated rings. The van der Waals surface area contributed by atoms with E-state index >= 15 is 0 Å². The number of nitrogens with zero attached hydrogens (tertiary/aromatic N) is 5. The molecule has 0 atom stereocenters. The first kappa shape index (κ1) is 20.2. The molecule has 0 aliphatic carbocycles. The Morgan fingerprint density at radius 2 is 1.53 bits per heavy atom. The summed E-state index contributed by atoms with van der Waals surface area (Å²) in [6, 6.07) is 16.1. The number of hydrogen-bond acceptors (Lipinski definition) is 8. The summed E-state index contributed by atoms with van der Waals surface area (Å²) in [5.41, 5.74) is 4.16. The predicted molar refractivity (Wildman–Crippen MR) is 117 cm³/mol. The van der Waals surface area contributed by atoms with Gasteiger partial charge in [-0.25, -0.2) is 0 Å². The van der Waals surface area contributed by atoms with Crippen LogP contribution in [0.2, 0.25) is 0 Å². The lowest BCUT2D eigenvalue weighted by Crippen LogP contribution is -2.21. The van der Waals surface area contributed by atoms with Crippen LogP contribution in [0, 0.1) is 6.92 Å². The third-order valence-corrected chi connectivity index (χ3v) is 5.56. The number of rotatable bonds is 8. The molecule has 0 saturated carbocycles. The standard InChI is InChI=1S/C22H23N5O2S/c1-4-27(5-2)18-12-10-17(11-13-18)21-24-25-22(28-21)30-14-19-23-20(29-26-19)16-8-6-15(3)7-9-16/h6-13H,4-5,14H2,1-3H3. The Labute approximate surface area is 179 Å². The van der Waals surface area contributed by atoms with Crippen LogP contribution in [0.1, 0.15) is 25.2 Å². The van der Waals surface area contributed by atoms with Crippen molar-refractivity contribution in [3.8, 4) is 22.9 Å². The average molecular weight is 422 g/mol. The molecule has 0 spiro atoms. The minimum absolute atomic E-state index is 0.472. The molecule has 7 nitrogen and oxygen atoms in total. The van der Waals surface area contributed by atoms with Crippen molar-refractivity contribution in [3.63, 3.8) is 0 Å². The number of anilines is 1. The summed E-state index contributed by atoms with van der Waals surface area (Å²) in [7, 11) is 0. The molecule has 0 radical (unpaired) electrons. The Morgan fingerprint density at radius 1 is 0.867 bits per heavy atom. The Morgan fingerprint density at radius 3 is 2.23 bits per heavy atom. The van der Waals surface area contributed by atoms with Crippen LogP contribution in [0.4, 0.5) is 5.69 Å². The van der Waals surface area contributed by atoms with E-state index in [2.05, 4.69) is 51.2 Å². The van der Waals surface area contributed by atoms with Gasteiger partial charge in [-0.3, -0.25) is 0 Å².